The Kier molecular flexibility index (Phi) is 3.78. The van der Waals surface area contributed by atoms with Crippen LogP contribution in [-0.2, 0) is 4.79 Å². The van der Waals surface area contributed by atoms with E-state index in [9.17, 15) is 9.59 Å². The van der Waals surface area contributed by atoms with Crippen molar-refractivity contribution in [3.05, 3.63) is 23.8 Å². The number of nitrogens with zero attached hydrogens (tertiary/aromatic N) is 1. The van der Waals surface area contributed by atoms with Crippen LogP contribution in [-0.4, -0.2) is 37.5 Å². The summed E-state index contributed by atoms with van der Waals surface area (Å²) in [5.41, 5.74) is 8.11. The molecule has 1 aliphatic carbocycles. The molecule has 0 saturated heterocycles. The van der Waals surface area contributed by atoms with Crippen LogP contribution < -0.4 is 21.3 Å². The summed E-state index contributed by atoms with van der Waals surface area (Å²) < 4.78 is 0. The van der Waals surface area contributed by atoms with Gasteiger partial charge in [0.15, 0.2) is 0 Å². The molecular formula is C16H22N4O2. The van der Waals surface area contributed by atoms with Gasteiger partial charge < -0.3 is 21.3 Å². The molecule has 0 aromatic heterocycles. The third-order valence-corrected chi connectivity index (χ3v) is 4.58. The third kappa shape index (κ3) is 2.78. The van der Waals surface area contributed by atoms with E-state index in [2.05, 4.69) is 10.6 Å². The molecule has 1 heterocycles. The van der Waals surface area contributed by atoms with Gasteiger partial charge in [-0.25, -0.2) is 0 Å². The molecule has 1 aliphatic heterocycles. The largest absolute Gasteiger partial charge is 0.361 e. The molecule has 1 aromatic carbocycles. The molecule has 2 amide bonds. The van der Waals surface area contributed by atoms with Gasteiger partial charge in [0.1, 0.15) is 6.04 Å². The van der Waals surface area contributed by atoms with Crippen LogP contribution >= 0.6 is 0 Å². The number of nitrogens with two attached hydrogens (primary N) is 1. The van der Waals surface area contributed by atoms with Gasteiger partial charge in [-0.15, -0.1) is 0 Å². The summed E-state index contributed by atoms with van der Waals surface area (Å²) in [6.45, 7) is 2.34. The predicted molar refractivity (Wildman–Crippen MR) is 86.0 cm³/mol. The first-order valence-corrected chi connectivity index (χ1v) is 7.69. The Hall–Kier alpha value is -2.08. The summed E-state index contributed by atoms with van der Waals surface area (Å²) in [4.78, 5) is 26.0. The number of rotatable bonds is 4. The van der Waals surface area contributed by atoms with Crippen LogP contribution in [0.1, 0.15) is 30.1 Å². The van der Waals surface area contributed by atoms with Gasteiger partial charge in [-0.2, -0.15) is 0 Å². The van der Waals surface area contributed by atoms with Gasteiger partial charge in [0.25, 0.3) is 5.91 Å². The first kappa shape index (κ1) is 14.8. The molecule has 6 heteroatoms. The highest BCUT2D eigenvalue weighted by Gasteiger charge is 2.29. The van der Waals surface area contributed by atoms with Gasteiger partial charge in [0, 0.05) is 25.2 Å². The van der Waals surface area contributed by atoms with Gasteiger partial charge in [0.2, 0.25) is 5.91 Å². The lowest BCUT2D eigenvalue weighted by Crippen LogP contribution is -2.44. The van der Waals surface area contributed by atoms with E-state index in [0.717, 1.165) is 18.5 Å². The molecule has 1 fully saturated rings. The van der Waals surface area contributed by atoms with Crippen molar-refractivity contribution in [2.45, 2.75) is 31.8 Å². The Morgan fingerprint density at radius 3 is 2.91 bits per heavy atom. The fourth-order valence-electron chi connectivity index (χ4n) is 2.71. The number of anilines is 2. The van der Waals surface area contributed by atoms with E-state index < -0.39 is 0 Å². The van der Waals surface area contributed by atoms with Crippen molar-refractivity contribution in [2.24, 2.45) is 11.7 Å². The van der Waals surface area contributed by atoms with Crippen molar-refractivity contribution in [1.29, 1.82) is 0 Å². The quantitative estimate of drug-likeness (QED) is 0.772. The monoisotopic (exact) mass is 302 g/mol. The topological polar surface area (TPSA) is 87.5 Å². The Labute approximate surface area is 130 Å². The van der Waals surface area contributed by atoms with E-state index in [1.165, 1.54) is 0 Å². The van der Waals surface area contributed by atoms with Crippen LogP contribution in [0.25, 0.3) is 0 Å². The highest BCUT2D eigenvalue weighted by Crippen LogP contribution is 2.32. The molecule has 2 aliphatic rings. The summed E-state index contributed by atoms with van der Waals surface area (Å²) in [6.07, 6.45) is 2.32. The number of fused-ring (bicyclic) bond motifs is 1. The maximum atomic E-state index is 12.2. The normalized spacial score (nSPS) is 21.9. The summed E-state index contributed by atoms with van der Waals surface area (Å²) in [5.74, 6) is 0.330. The molecule has 1 aromatic rings. The summed E-state index contributed by atoms with van der Waals surface area (Å²) >= 11 is 0. The third-order valence-electron chi connectivity index (χ3n) is 4.58. The van der Waals surface area contributed by atoms with E-state index in [-0.39, 0.29) is 23.9 Å². The first-order valence-electron chi connectivity index (χ1n) is 7.69. The zero-order valence-electron chi connectivity index (χ0n) is 12.9. The Morgan fingerprint density at radius 1 is 1.50 bits per heavy atom. The van der Waals surface area contributed by atoms with E-state index in [1.54, 1.807) is 12.1 Å². The summed E-state index contributed by atoms with van der Waals surface area (Å²) in [7, 11) is 1.87. The molecule has 4 N–H and O–H groups in total. The highest BCUT2D eigenvalue weighted by molar-refractivity contribution is 6.05. The van der Waals surface area contributed by atoms with Gasteiger partial charge in [-0.05, 0) is 43.9 Å². The second-order valence-electron chi connectivity index (χ2n) is 6.22. The second-order valence-corrected chi connectivity index (χ2v) is 6.22. The van der Waals surface area contributed by atoms with E-state index in [4.69, 9.17) is 5.73 Å². The average Bonchev–Trinajstić information content (AvgIpc) is 3.34. The molecule has 22 heavy (non-hydrogen) atoms. The molecule has 2 atom stereocenters. The zero-order valence-corrected chi connectivity index (χ0v) is 12.9. The van der Waals surface area contributed by atoms with Crippen LogP contribution in [0.4, 0.5) is 11.4 Å². The number of benzene rings is 1. The fourth-order valence-corrected chi connectivity index (χ4v) is 2.71. The molecule has 118 valence electrons. The minimum absolute atomic E-state index is 0.0354. The molecule has 3 rings (SSSR count). The van der Waals surface area contributed by atoms with Crippen molar-refractivity contribution in [2.75, 3.05) is 23.8 Å². The van der Waals surface area contributed by atoms with Crippen molar-refractivity contribution < 1.29 is 9.59 Å². The van der Waals surface area contributed by atoms with E-state index in [0.29, 0.717) is 23.7 Å². The number of hydrogen-bond acceptors (Lipinski definition) is 4. The van der Waals surface area contributed by atoms with Crippen molar-refractivity contribution in [3.63, 3.8) is 0 Å². The van der Waals surface area contributed by atoms with Crippen molar-refractivity contribution in [1.82, 2.24) is 5.32 Å². The molecule has 0 radical (unpaired) electrons. The number of likely N-dealkylation sites (N-methyl/N-ethyl adjacent to an activating group) is 1. The van der Waals surface area contributed by atoms with Crippen LogP contribution in [0.5, 0.6) is 0 Å². The van der Waals surface area contributed by atoms with Gasteiger partial charge in [-0.3, -0.25) is 9.59 Å². The average molecular weight is 302 g/mol. The Balaban J connectivity index is 1.71. The maximum Gasteiger partial charge on any atom is 0.251 e. The standard InChI is InChI=1S/C16H22N4O2/c1-9-15(21)19-13-7-11(5-6-14(13)20(9)2)16(22)18-8-12(17)10-3-4-10/h5-7,9-10,12H,3-4,8,17H2,1-2H3,(H,18,22)(H,19,21). The molecular weight excluding hydrogens is 280 g/mol. The smallest absolute Gasteiger partial charge is 0.251 e. The van der Waals surface area contributed by atoms with Crippen molar-refractivity contribution >= 4 is 23.2 Å². The summed E-state index contributed by atoms with van der Waals surface area (Å²) in [5, 5.41) is 5.71. The molecule has 0 bridgehead atoms. The molecule has 0 spiro atoms. The highest BCUT2D eigenvalue weighted by atomic mass is 16.2. The van der Waals surface area contributed by atoms with Crippen LogP contribution in [0, 0.1) is 5.92 Å². The predicted octanol–water partition coefficient (Wildman–Crippen LogP) is 0.931. The lowest BCUT2D eigenvalue weighted by Gasteiger charge is -2.33. The molecule has 2 unspecified atom stereocenters. The number of carbonyl (C=O) groups is 2. The zero-order chi connectivity index (χ0) is 15.9. The van der Waals surface area contributed by atoms with Crippen molar-refractivity contribution in [3.8, 4) is 0 Å². The fraction of sp³-hybridized carbons (Fsp3) is 0.500. The number of nitrogens with one attached hydrogen (secondary N) is 2. The van der Waals surface area contributed by atoms with Gasteiger partial charge >= 0.3 is 0 Å². The number of hydrogen-bond donors (Lipinski definition) is 3. The van der Waals surface area contributed by atoms with E-state index >= 15 is 0 Å². The lowest BCUT2D eigenvalue weighted by atomic mass is 10.1. The maximum absolute atomic E-state index is 12.2. The number of carbonyl (C=O) groups excluding carboxylic acids is 2. The lowest BCUT2D eigenvalue weighted by molar-refractivity contribution is -0.117. The van der Waals surface area contributed by atoms with Gasteiger partial charge in [-0.1, -0.05) is 0 Å². The SMILES string of the molecule is CC1C(=O)Nc2cc(C(=O)NCC(N)C3CC3)ccc2N1C. The molecule has 6 nitrogen and oxygen atoms in total. The van der Waals surface area contributed by atoms with Crippen LogP contribution in [0.15, 0.2) is 18.2 Å². The first-order chi connectivity index (χ1) is 10.5. The summed E-state index contributed by atoms with van der Waals surface area (Å²) in [6, 6.07) is 5.17. The van der Waals surface area contributed by atoms with Gasteiger partial charge in [0.05, 0.1) is 11.4 Å². The van der Waals surface area contributed by atoms with E-state index in [1.807, 2.05) is 24.9 Å². The Morgan fingerprint density at radius 2 is 2.23 bits per heavy atom. The van der Waals surface area contributed by atoms with Crippen LogP contribution in [0.2, 0.25) is 0 Å². The van der Waals surface area contributed by atoms with Crippen LogP contribution in [0.3, 0.4) is 0 Å². The minimum atomic E-state index is -0.219. The second kappa shape index (κ2) is 5.61. The number of amides is 2. The molecule has 1 saturated carbocycles. The Bertz CT molecular complexity index is 612. The minimum Gasteiger partial charge on any atom is -0.361 e.